The van der Waals surface area contributed by atoms with Crippen molar-refractivity contribution in [2.24, 2.45) is 11.7 Å². The number of rotatable bonds is 5. The Kier molecular flexibility index (Phi) is 5.01. The van der Waals surface area contributed by atoms with Gasteiger partial charge in [-0.1, -0.05) is 6.07 Å². The van der Waals surface area contributed by atoms with Gasteiger partial charge in [0.2, 0.25) is 0 Å². The molecule has 1 aromatic rings. The molecule has 0 radical (unpaired) electrons. The maximum atomic E-state index is 11.5. The van der Waals surface area contributed by atoms with Crippen molar-refractivity contribution >= 4 is 11.4 Å². The second kappa shape index (κ2) is 6.76. The van der Waals surface area contributed by atoms with Gasteiger partial charge < -0.3 is 15.4 Å². The Labute approximate surface area is 125 Å². The van der Waals surface area contributed by atoms with Gasteiger partial charge in [0.05, 0.1) is 11.0 Å². The number of anilines is 1. The lowest BCUT2D eigenvalue weighted by atomic mass is 9.97. The van der Waals surface area contributed by atoms with E-state index in [9.17, 15) is 10.1 Å². The largest absolute Gasteiger partial charge is 0.484 e. The van der Waals surface area contributed by atoms with E-state index in [4.69, 9.17) is 10.5 Å². The quantitative estimate of drug-likeness (QED) is 0.666. The number of nitro groups is 1. The van der Waals surface area contributed by atoms with Gasteiger partial charge >= 0.3 is 5.69 Å². The summed E-state index contributed by atoms with van der Waals surface area (Å²) < 4.78 is 5.60. The molecule has 2 rings (SSSR count). The summed E-state index contributed by atoms with van der Waals surface area (Å²) in [4.78, 5) is 13.2. The summed E-state index contributed by atoms with van der Waals surface area (Å²) in [5.74, 6) is 0.732. The van der Waals surface area contributed by atoms with E-state index in [1.54, 1.807) is 12.1 Å². The third kappa shape index (κ3) is 3.64. The van der Waals surface area contributed by atoms with Crippen molar-refractivity contribution < 1.29 is 9.66 Å². The lowest BCUT2D eigenvalue weighted by molar-refractivity contribution is -0.385. The fourth-order valence-corrected chi connectivity index (χ4v) is 2.77. The Morgan fingerprint density at radius 3 is 2.90 bits per heavy atom. The zero-order valence-electron chi connectivity index (χ0n) is 12.6. The molecule has 1 unspecified atom stereocenters. The fraction of sp³-hybridized carbons (Fsp3) is 0.600. The van der Waals surface area contributed by atoms with Gasteiger partial charge in [-0.3, -0.25) is 10.1 Å². The van der Waals surface area contributed by atoms with E-state index < -0.39 is 0 Å². The Morgan fingerprint density at radius 1 is 1.52 bits per heavy atom. The molecule has 1 aliphatic heterocycles. The zero-order valence-corrected chi connectivity index (χ0v) is 12.6. The number of hydrogen-bond acceptors (Lipinski definition) is 5. The Balaban J connectivity index is 2.35. The number of benzene rings is 1. The van der Waals surface area contributed by atoms with Gasteiger partial charge in [0.25, 0.3) is 0 Å². The van der Waals surface area contributed by atoms with Crippen molar-refractivity contribution in [3.63, 3.8) is 0 Å². The second-order valence-electron chi connectivity index (χ2n) is 5.74. The van der Waals surface area contributed by atoms with Crippen LogP contribution in [0.5, 0.6) is 5.75 Å². The van der Waals surface area contributed by atoms with Crippen LogP contribution in [0.2, 0.25) is 0 Å². The van der Waals surface area contributed by atoms with Crippen LogP contribution in [-0.2, 0) is 0 Å². The molecule has 1 atom stereocenters. The van der Waals surface area contributed by atoms with Crippen molar-refractivity contribution in [1.82, 2.24) is 0 Å². The molecule has 1 aromatic carbocycles. The minimum atomic E-state index is -0.348. The monoisotopic (exact) mass is 293 g/mol. The lowest BCUT2D eigenvalue weighted by Gasteiger charge is -2.33. The average molecular weight is 293 g/mol. The highest BCUT2D eigenvalue weighted by molar-refractivity contribution is 5.70. The van der Waals surface area contributed by atoms with Crippen LogP contribution in [0.3, 0.4) is 0 Å². The molecule has 0 aromatic heterocycles. The predicted octanol–water partition coefficient (Wildman–Crippen LogP) is 2.56. The maximum Gasteiger partial charge on any atom is 0.333 e. The third-order valence-corrected chi connectivity index (χ3v) is 3.72. The maximum absolute atomic E-state index is 11.5. The van der Waals surface area contributed by atoms with Crippen LogP contribution in [0, 0.1) is 16.0 Å². The number of para-hydroxylation sites is 1. The first kappa shape index (κ1) is 15.6. The van der Waals surface area contributed by atoms with E-state index in [0.29, 0.717) is 23.9 Å². The van der Waals surface area contributed by atoms with Crippen molar-refractivity contribution in [3.05, 3.63) is 28.3 Å². The molecule has 21 heavy (non-hydrogen) atoms. The number of nitrogens with two attached hydrogens (primary N) is 1. The molecule has 6 nitrogen and oxygen atoms in total. The first-order valence-electron chi connectivity index (χ1n) is 7.42. The molecule has 0 spiro atoms. The van der Waals surface area contributed by atoms with Crippen LogP contribution >= 0.6 is 0 Å². The van der Waals surface area contributed by atoms with Gasteiger partial charge in [-0.05, 0) is 51.3 Å². The highest BCUT2D eigenvalue weighted by Crippen LogP contribution is 2.39. The topological polar surface area (TPSA) is 81.6 Å². The van der Waals surface area contributed by atoms with Gasteiger partial charge in [0.15, 0.2) is 5.75 Å². The summed E-state index contributed by atoms with van der Waals surface area (Å²) in [5, 5.41) is 11.5. The standard InChI is InChI=1S/C15H23N3O3/c1-11(2)21-14-7-3-6-13(15(14)18(19)20)17-8-4-5-12(9-16)10-17/h3,6-7,11-12H,4-5,8-10,16H2,1-2H3. The summed E-state index contributed by atoms with van der Waals surface area (Å²) in [6.07, 6.45) is 1.99. The van der Waals surface area contributed by atoms with Gasteiger partial charge in [-0.2, -0.15) is 0 Å². The van der Waals surface area contributed by atoms with Crippen molar-refractivity contribution in [1.29, 1.82) is 0 Å². The van der Waals surface area contributed by atoms with E-state index in [1.165, 1.54) is 0 Å². The smallest absolute Gasteiger partial charge is 0.333 e. The van der Waals surface area contributed by atoms with E-state index in [-0.39, 0.29) is 16.7 Å². The summed E-state index contributed by atoms with van der Waals surface area (Å²) in [7, 11) is 0. The zero-order chi connectivity index (χ0) is 15.4. The second-order valence-corrected chi connectivity index (χ2v) is 5.74. The minimum Gasteiger partial charge on any atom is -0.484 e. The molecule has 2 N–H and O–H groups in total. The van der Waals surface area contributed by atoms with Crippen LogP contribution < -0.4 is 15.4 Å². The van der Waals surface area contributed by atoms with E-state index in [0.717, 1.165) is 25.9 Å². The van der Waals surface area contributed by atoms with Crippen LogP contribution in [0.1, 0.15) is 26.7 Å². The predicted molar refractivity (Wildman–Crippen MR) is 82.9 cm³/mol. The van der Waals surface area contributed by atoms with Crippen molar-refractivity contribution in [2.45, 2.75) is 32.8 Å². The lowest BCUT2D eigenvalue weighted by Crippen LogP contribution is -2.38. The molecule has 1 aliphatic rings. The van der Waals surface area contributed by atoms with Crippen LogP contribution in [0.4, 0.5) is 11.4 Å². The van der Waals surface area contributed by atoms with Crippen molar-refractivity contribution in [3.8, 4) is 5.75 Å². The molecular formula is C15H23N3O3. The van der Waals surface area contributed by atoms with Gasteiger partial charge in [0, 0.05) is 13.1 Å². The number of nitro benzene ring substituents is 1. The van der Waals surface area contributed by atoms with Gasteiger partial charge in [0.1, 0.15) is 5.69 Å². The summed E-state index contributed by atoms with van der Waals surface area (Å²) in [6.45, 7) is 5.93. The van der Waals surface area contributed by atoms with E-state index in [1.807, 2.05) is 19.9 Å². The van der Waals surface area contributed by atoms with E-state index >= 15 is 0 Å². The first-order valence-corrected chi connectivity index (χ1v) is 7.42. The molecule has 116 valence electrons. The molecule has 0 amide bonds. The summed E-state index contributed by atoms with van der Waals surface area (Å²) in [6, 6.07) is 5.27. The molecule has 0 saturated carbocycles. The molecule has 1 saturated heterocycles. The van der Waals surface area contributed by atoms with Crippen LogP contribution in [0.25, 0.3) is 0 Å². The minimum absolute atomic E-state index is 0.0591. The molecule has 1 fully saturated rings. The third-order valence-electron chi connectivity index (χ3n) is 3.72. The number of nitrogens with zero attached hydrogens (tertiary/aromatic N) is 2. The molecule has 6 heteroatoms. The van der Waals surface area contributed by atoms with Crippen molar-refractivity contribution in [2.75, 3.05) is 24.5 Å². The average Bonchev–Trinajstić information content (AvgIpc) is 2.46. The Bertz CT molecular complexity index is 505. The molecule has 0 aliphatic carbocycles. The normalized spacial score (nSPS) is 18.9. The Morgan fingerprint density at radius 2 is 2.29 bits per heavy atom. The van der Waals surface area contributed by atoms with Gasteiger partial charge in [-0.25, -0.2) is 0 Å². The summed E-state index contributed by atoms with van der Waals surface area (Å²) in [5.41, 5.74) is 6.45. The van der Waals surface area contributed by atoms with E-state index in [2.05, 4.69) is 4.90 Å². The number of ether oxygens (including phenoxy) is 1. The summed E-state index contributed by atoms with van der Waals surface area (Å²) >= 11 is 0. The first-order chi connectivity index (χ1) is 10.0. The number of piperidine rings is 1. The fourth-order valence-electron chi connectivity index (χ4n) is 2.77. The van der Waals surface area contributed by atoms with Gasteiger partial charge in [-0.15, -0.1) is 0 Å². The SMILES string of the molecule is CC(C)Oc1cccc(N2CCCC(CN)C2)c1[N+](=O)[O-]. The molecular weight excluding hydrogens is 270 g/mol. The number of hydrogen-bond donors (Lipinski definition) is 1. The van der Waals surface area contributed by atoms with Crippen LogP contribution in [0.15, 0.2) is 18.2 Å². The highest BCUT2D eigenvalue weighted by atomic mass is 16.6. The highest BCUT2D eigenvalue weighted by Gasteiger charge is 2.28. The van der Waals surface area contributed by atoms with Crippen LogP contribution in [-0.4, -0.2) is 30.7 Å². The Hall–Kier alpha value is -1.82. The molecule has 0 bridgehead atoms. The molecule has 1 heterocycles.